The number of hydrogen-bond acceptors (Lipinski definition) is 9. The summed E-state index contributed by atoms with van der Waals surface area (Å²) in [5.41, 5.74) is 1.47. The normalized spacial score (nSPS) is 13.4. The molecule has 1 aliphatic heterocycles. The predicted octanol–water partition coefficient (Wildman–Crippen LogP) is 3.31. The van der Waals surface area contributed by atoms with Gasteiger partial charge in [-0.2, -0.15) is 18.2 Å². The van der Waals surface area contributed by atoms with E-state index in [4.69, 9.17) is 15.9 Å². The number of oxime groups is 1. The molecule has 3 aromatic rings. The first-order chi connectivity index (χ1) is 18.8. The summed E-state index contributed by atoms with van der Waals surface area (Å²) < 4.78 is 31.7. The van der Waals surface area contributed by atoms with Gasteiger partial charge in [-0.15, -0.1) is 0 Å². The van der Waals surface area contributed by atoms with Crippen LogP contribution in [-0.4, -0.2) is 59.1 Å². The maximum absolute atomic E-state index is 12.9. The second kappa shape index (κ2) is 11.0. The number of benzene rings is 2. The van der Waals surface area contributed by atoms with Crippen LogP contribution in [0.5, 0.6) is 0 Å². The van der Waals surface area contributed by atoms with Crippen LogP contribution in [0.15, 0.2) is 58.6 Å². The smallest absolute Gasteiger partial charge is 0.274 e. The van der Waals surface area contributed by atoms with E-state index in [9.17, 15) is 27.6 Å². The molecule has 0 aliphatic carbocycles. The Morgan fingerprint density at radius 1 is 0.975 bits per heavy atom. The van der Waals surface area contributed by atoms with Crippen LogP contribution in [0.4, 0.5) is 5.82 Å². The number of imide groups is 2. The summed E-state index contributed by atoms with van der Waals surface area (Å²) in [6.07, 6.45) is -0.275. The molecule has 40 heavy (non-hydrogen) atoms. The quantitative estimate of drug-likeness (QED) is 0.177. The van der Waals surface area contributed by atoms with Crippen molar-refractivity contribution < 1.29 is 31.9 Å². The van der Waals surface area contributed by atoms with E-state index in [1.807, 2.05) is 0 Å². The van der Waals surface area contributed by atoms with Crippen LogP contribution in [0, 0.1) is 13.8 Å². The van der Waals surface area contributed by atoms with Gasteiger partial charge in [0.1, 0.15) is 9.92 Å². The maximum Gasteiger partial charge on any atom is 0.358 e. The van der Waals surface area contributed by atoms with Crippen LogP contribution in [0.3, 0.4) is 0 Å². The highest BCUT2D eigenvalue weighted by atomic mass is 35.5. The number of fused-ring (bicyclic) bond motifs is 1. The number of rotatable bonds is 7. The average Bonchev–Trinajstić information content (AvgIpc) is 3.32. The third-order valence-electron chi connectivity index (χ3n) is 6.04. The zero-order valence-electron chi connectivity index (χ0n) is 21.9. The molecule has 0 saturated carbocycles. The molecular formula is C26H24ClN5O7S. The Morgan fingerprint density at radius 2 is 1.52 bits per heavy atom. The Kier molecular flexibility index (Phi) is 7.89. The number of nitrogens with zero attached hydrogens (tertiary/aromatic N) is 5. The van der Waals surface area contributed by atoms with Gasteiger partial charge in [-0.1, -0.05) is 41.4 Å². The molecule has 4 amide bonds. The fourth-order valence-electron chi connectivity index (χ4n) is 4.07. The van der Waals surface area contributed by atoms with Crippen molar-refractivity contribution >= 4 is 57.0 Å². The minimum atomic E-state index is -4.41. The fourth-order valence-corrected chi connectivity index (χ4v) is 5.02. The second-order valence-electron chi connectivity index (χ2n) is 8.92. The van der Waals surface area contributed by atoms with Crippen molar-refractivity contribution in [1.29, 1.82) is 0 Å². The molecule has 0 saturated heterocycles. The van der Waals surface area contributed by atoms with E-state index in [0.717, 1.165) is 33.9 Å². The molecule has 1 aromatic heterocycles. The topological polar surface area (TPSA) is 148 Å². The first-order valence-corrected chi connectivity index (χ1v) is 13.7. The maximum atomic E-state index is 12.9. The molecule has 2 heterocycles. The molecule has 208 valence electrons. The molecular weight excluding hydrogens is 562 g/mol. The van der Waals surface area contributed by atoms with Gasteiger partial charge in [0, 0.05) is 26.8 Å². The Balaban J connectivity index is 1.76. The van der Waals surface area contributed by atoms with E-state index in [1.54, 1.807) is 31.2 Å². The summed E-state index contributed by atoms with van der Waals surface area (Å²) in [7, 11) is -4.41. The number of carbonyl (C=O) groups is 4. The van der Waals surface area contributed by atoms with Crippen LogP contribution in [0.2, 0.25) is 5.02 Å². The number of carbonyl (C=O) groups excluding carboxylic acids is 4. The molecule has 1 aliphatic rings. The Morgan fingerprint density at radius 3 is 2.05 bits per heavy atom. The summed E-state index contributed by atoms with van der Waals surface area (Å²) >= 11 is 6.41. The number of hydrogen-bond donors (Lipinski definition) is 0. The Labute approximate surface area is 234 Å². The minimum absolute atomic E-state index is 0.0692. The minimum Gasteiger partial charge on any atom is -0.274 e. The van der Waals surface area contributed by atoms with E-state index in [2.05, 4.69) is 10.3 Å². The first kappa shape index (κ1) is 28.6. The molecule has 0 atom stereocenters. The first-order valence-electron chi connectivity index (χ1n) is 11.9. The van der Waals surface area contributed by atoms with Crippen LogP contribution in [-0.2, 0) is 24.0 Å². The van der Waals surface area contributed by atoms with E-state index in [-0.39, 0.29) is 51.4 Å². The van der Waals surface area contributed by atoms with Gasteiger partial charge in [0.25, 0.3) is 11.8 Å². The van der Waals surface area contributed by atoms with Gasteiger partial charge in [0.05, 0.1) is 16.8 Å². The van der Waals surface area contributed by atoms with Gasteiger partial charge in [-0.25, -0.2) is 4.90 Å². The molecule has 4 rings (SSSR count). The van der Waals surface area contributed by atoms with Crippen LogP contribution >= 0.6 is 11.6 Å². The number of aryl methyl sites for hydroxylation is 2. The van der Waals surface area contributed by atoms with Gasteiger partial charge in [0.2, 0.25) is 11.8 Å². The van der Waals surface area contributed by atoms with Crippen molar-refractivity contribution in [2.75, 3.05) is 11.4 Å². The second-order valence-corrected chi connectivity index (χ2v) is 10.8. The molecule has 0 bridgehead atoms. The summed E-state index contributed by atoms with van der Waals surface area (Å²) in [5.74, 6) is -2.91. The number of anilines is 1. The molecule has 0 fully saturated rings. The van der Waals surface area contributed by atoms with Gasteiger partial charge in [-0.05, 0) is 43.3 Å². The van der Waals surface area contributed by atoms with Crippen molar-refractivity contribution in [2.24, 2.45) is 5.16 Å². The van der Waals surface area contributed by atoms with Crippen LogP contribution < -0.4 is 4.90 Å². The van der Waals surface area contributed by atoms with E-state index < -0.39 is 33.7 Å². The highest BCUT2D eigenvalue weighted by Crippen LogP contribution is 2.31. The predicted molar refractivity (Wildman–Crippen MR) is 145 cm³/mol. The number of halogens is 1. The lowest BCUT2D eigenvalue weighted by molar-refractivity contribution is -0.124. The highest BCUT2D eigenvalue weighted by Gasteiger charge is 2.36. The van der Waals surface area contributed by atoms with Crippen LogP contribution in [0.25, 0.3) is 0 Å². The van der Waals surface area contributed by atoms with Crippen molar-refractivity contribution in [2.45, 2.75) is 39.0 Å². The average molecular weight is 586 g/mol. The molecule has 0 radical (unpaired) electrons. The van der Waals surface area contributed by atoms with Gasteiger partial charge >= 0.3 is 10.1 Å². The molecule has 14 heteroatoms. The monoisotopic (exact) mass is 585 g/mol. The zero-order chi connectivity index (χ0) is 29.4. The fraction of sp³-hybridized carbons (Fsp3) is 0.231. The van der Waals surface area contributed by atoms with Gasteiger partial charge < -0.3 is 0 Å². The lowest BCUT2D eigenvalue weighted by Gasteiger charge is -2.20. The SMILES string of the molecule is CC(=O)N(C(C)=O)c1c(Cl)c(C)nn1C(CCN1C(=O)c2ccccc2C1=O)=NOS(=O)(=O)c1ccc(C)cc1. The van der Waals surface area contributed by atoms with Gasteiger partial charge in [0.15, 0.2) is 11.7 Å². The highest BCUT2D eigenvalue weighted by molar-refractivity contribution is 7.86. The third-order valence-corrected chi connectivity index (χ3v) is 7.60. The zero-order valence-corrected chi connectivity index (χ0v) is 23.5. The van der Waals surface area contributed by atoms with Crippen LogP contribution in [0.1, 0.15) is 52.2 Å². The van der Waals surface area contributed by atoms with Crippen molar-refractivity contribution in [3.63, 3.8) is 0 Å². The third kappa shape index (κ3) is 5.38. The standard InChI is InChI=1S/C26H24ClN5O7S/c1-15-9-11-19(12-10-15)40(37,38)39-29-22(13-14-30-25(35)20-7-5-6-8-21(20)26(30)36)32-24(23(27)16(2)28-32)31(17(3)33)18(4)34/h5-12H,13-14H2,1-4H3. The Hall–Kier alpha value is -4.36. The molecule has 12 nitrogen and oxygen atoms in total. The van der Waals surface area contributed by atoms with E-state index >= 15 is 0 Å². The van der Waals surface area contributed by atoms with Crippen molar-refractivity contribution in [3.05, 3.63) is 75.9 Å². The summed E-state index contributed by atoms with van der Waals surface area (Å²) in [4.78, 5) is 52.1. The van der Waals surface area contributed by atoms with Crippen molar-refractivity contribution in [1.82, 2.24) is 14.7 Å². The van der Waals surface area contributed by atoms with E-state index in [0.29, 0.717) is 0 Å². The largest absolute Gasteiger partial charge is 0.358 e. The Bertz CT molecular complexity index is 1630. The summed E-state index contributed by atoms with van der Waals surface area (Å²) in [6, 6.07) is 12.1. The number of aromatic nitrogens is 2. The molecule has 0 N–H and O–H groups in total. The summed E-state index contributed by atoms with van der Waals surface area (Å²) in [6.45, 7) is 5.31. The molecule has 0 unspecified atom stereocenters. The lowest BCUT2D eigenvalue weighted by Crippen LogP contribution is -2.37. The number of amides is 4. The lowest BCUT2D eigenvalue weighted by atomic mass is 10.1. The van der Waals surface area contributed by atoms with Gasteiger partial charge in [-0.3, -0.25) is 28.4 Å². The summed E-state index contributed by atoms with van der Waals surface area (Å²) in [5, 5.41) is 7.99. The van der Waals surface area contributed by atoms with Crippen molar-refractivity contribution in [3.8, 4) is 0 Å². The molecule has 0 spiro atoms. The van der Waals surface area contributed by atoms with E-state index in [1.165, 1.54) is 31.2 Å². The molecule has 2 aromatic carbocycles.